The van der Waals surface area contributed by atoms with Crippen molar-refractivity contribution in [3.05, 3.63) is 58.4 Å². The van der Waals surface area contributed by atoms with Crippen LogP contribution in [0.25, 0.3) is 16.6 Å². The zero-order valence-electron chi connectivity index (χ0n) is 9.64. The van der Waals surface area contributed by atoms with Gasteiger partial charge in [0.1, 0.15) is 5.82 Å². The highest BCUT2D eigenvalue weighted by molar-refractivity contribution is 5.81. The summed E-state index contributed by atoms with van der Waals surface area (Å²) in [4.78, 5) is 12.2. The largest absolute Gasteiger partial charge is 0.281 e. The molecule has 4 nitrogen and oxygen atoms in total. The second-order valence-electron chi connectivity index (χ2n) is 4.13. The minimum Gasteiger partial charge on any atom is -0.281 e. The van der Waals surface area contributed by atoms with Crippen LogP contribution in [0.4, 0.5) is 4.39 Å². The molecule has 0 fully saturated rings. The van der Waals surface area contributed by atoms with E-state index in [4.69, 9.17) is 0 Å². The number of aryl methyl sites for hydroxylation is 1. The number of H-pyrrole nitrogens is 1. The van der Waals surface area contributed by atoms with Gasteiger partial charge in [-0.1, -0.05) is 6.07 Å². The number of fused-ring (bicyclic) bond motifs is 1. The molecule has 90 valence electrons. The second-order valence-corrected chi connectivity index (χ2v) is 4.13. The van der Waals surface area contributed by atoms with Crippen molar-refractivity contribution in [2.24, 2.45) is 0 Å². The molecule has 0 aliphatic carbocycles. The molecule has 0 saturated carbocycles. The van der Waals surface area contributed by atoms with Crippen LogP contribution in [0, 0.1) is 12.7 Å². The van der Waals surface area contributed by atoms with E-state index in [2.05, 4.69) is 10.2 Å². The van der Waals surface area contributed by atoms with Crippen molar-refractivity contribution >= 4 is 10.8 Å². The first-order valence-electron chi connectivity index (χ1n) is 5.48. The minimum atomic E-state index is -0.421. The molecule has 2 heterocycles. The van der Waals surface area contributed by atoms with E-state index in [1.165, 1.54) is 16.7 Å². The first-order chi connectivity index (χ1) is 8.65. The van der Waals surface area contributed by atoms with E-state index in [-0.39, 0.29) is 5.56 Å². The monoisotopic (exact) mass is 243 g/mol. The molecule has 0 atom stereocenters. The van der Waals surface area contributed by atoms with E-state index in [0.717, 1.165) is 5.69 Å². The molecule has 18 heavy (non-hydrogen) atoms. The van der Waals surface area contributed by atoms with Gasteiger partial charge in [-0.25, -0.2) is 4.39 Å². The molecule has 0 aliphatic rings. The van der Waals surface area contributed by atoms with Crippen LogP contribution >= 0.6 is 0 Å². The van der Waals surface area contributed by atoms with Gasteiger partial charge in [0.25, 0.3) is 5.56 Å². The number of hydrogen-bond donors (Lipinski definition) is 1. The van der Waals surface area contributed by atoms with Crippen molar-refractivity contribution in [3.63, 3.8) is 0 Å². The number of nitrogens with one attached hydrogen (secondary N) is 1. The maximum absolute atomic E-state index is 13.2. The van der Waals surface area contributed by atoms with E-state index >= 15 is 0 Å². The Morgan fingerprint density at radius 3 is 2.83 bits per heavy atom. The summed E-state index contributed by atoms with van der Waals surface area (Å²) in [6, 6.07) is 7.69. The smallest absolute Gasteiger partial charge is 0.264 e. The minimum absolute atomic E-state index is 0.279. The molecular formula is C13H10FN3O. The number of benzene rings is 1. The number of hydrogen-bond acceptors (Lipinski definition) is 2. The summed E-state index contributed by atoms with van der Waals surface area (Å²) in [5.74, 6) is 0.0826. The molecule has 0 unspecified atom stereocenters. The van der Waals surface area contributed by atoms with Gasteiger partial charge < -0.3 is 0 Å². The van der Waals surface area contributed by atoms with Crippen molar-refractivity contribution < 1.29 is 4.39 Å². The van der Waals surface area contributed by atoms with Crippen LogP contribution in [-0.4, -0.2) is 14.8 Å². The molecule has 3 aromatic rings. The molecule has 1 aromatic carbocycles. The van der Waals surface area contributed by atoms with Gasteiger partial charge in [-0.15, -0.1) is 0 Å². The Bertz CT molecular complexity index is 788. The van der Waals surface area contributed by atoms with Crippen molar-refractivity contribution in [2.75, 3.05) is 0 Å². The van der Waals surface area contributed by atoms with Crippen LogP contribution in [0.1, 0.15) is 5.69 Å². The highest BCUT2D eigenvalue weighted by atomic mass is 19.1. The fourth-order valence-electron chi connectivity index (χ4n) is 1.92. The summed E-state index contributed by atoms with van der Waals surface area (Å²) in [6.45, 7) is 1.85. The van der Waals surface area contributed by atoms with Crippen LogP contribution in [-0.2, 0) is 0 Å². The zero-order valence-corrected chi connectivity index (χ0v) is 9.64. The number of halogens is 1. The predicted molar refractivity (Wildman–Crippen MR) is 66.4 cm³/mol. The third kappa shape index (κ3) is 1.60. The van der Waals surface area contributed by atoms with Crippen LogP contribution in [0.15, 0.2) is 41.3 Å². The van der Waals surface area contributed by atoms with Gasteiger partial charge in [-0.2, -0.15) is 5.10 Å². The third-order valence-corrected chi connectivity index (χ3v) is 2.81. The molecule has 2 aromatic heterocycles. The normalized spacial score (nSPS) is 11.0. The molecule has 0 saturated heterocycles. The van der Waals surface area contributed by atoms with Crippen LogP contribution in [0.2, 0.25) is 0 Å². The molecule has 0 amide bonds. The van der Waals surface area contributed by atoms with Crippen molar-refractivity contribution in [2.45, 2.75) is 6.92 Å². The Morgan fingerprint density at radius 1 is 1.28 bits per heavy atom. The lowest BCUT2D eigenvalue weighted by atomic mass is 10.2. The number of pyridine rings is 1. The van der Waals surface area contributed by atoms with Gasteiger partial charge in [-0.05, 0) is 30.5 Å². The van der Waals surface area contributed by atoms with E-state index in [0.29, 0.717) is 16.6 Å². The molecule has 0 radical (unpaired) electrons. The van der Waals surface area contributed by atoms with Gasteiger partial charge >= 0.3 is 0 Å². The average molecular weight is 243 g/mol. The van der Waals surface area contributed by atoms with E-state index in [1.807, 2.05) is 6.92 Å². The van der Waals surface area contributed by atoms with Gasteiger partial charge in [0.05, 0.1) is 5.39 Å². The van der Waals surface area contributed by atoms with Crippen molar-refractivity contribution in [3.8, 4) is 5.82 Å². The highest BCUT2D eigenvalue weighted by Gasteiger charge is 2.07. The Labute approximate surface area is 102 Å². The SMILES string of the molecule is Cc1cc(-n2ccc3ccc(F)cc3c2=O)n[nH]1. The molecular weight excluding hydrogens is 233 g/mol. The summed E-state index contributed by atoms with van der Waals surface area (Å²) < 4.78 is 14.6. The first kappa shape index (κ1) is 10.7. The lowest BCUT2D eigenvalue weighted by molar-refractivity contribution is 0.629. The molecule has 3 rings (SSSR count). The number of aromatic amines is 1. The maximum Gasteiger partial charge on any atom is 0.264 e. The summed E-state index contributed by atoms with van der Waals surface area (Å²) in [5.41, 5.74) is 0.578. The molecule has 0 spiro atoms. The lowest BCUT2D eigenvalue weighted by Gasteiger charge is -2.03. The standard InChI is InChI=1S/C13H10FN3O/c1-8-6-12(16-15-8)17-5-4-9-2-3-10(14)7-11(9)13(17)18/h2-7H,1H3,(H,15,16). The number of aromatic nitrogens is 3. The quantitative estimate of drug-likeness (QED) is 0.712. The third-order valence-electron chi connectivity index (χ3n) is 2.81. The van der Waals surface area contributed by atoms with Gasteiger partial charge in [0.15, 0.2) is 5.82 Å². The molecule has 0 aliphatic heterocycles. The predicted octanol–water partition coefficient (Wildman–Crippen LogP) is 2.16. The van der Waals surface area contributed by atoms with E-state index in [1.54, 1.807) is 24.4 Å². The zero-order chi connectivity index (χ0) is 12.7. The molecule has 0 bridgehead atoms. The number of rotatable bonds is 1. The van der Waals surface area contributed by atoms with Gasteiger partial charge in [0, 0.05) is 18.0 Å². The Balaban J connectivity index is 2.32. The Kier molecular flexibility index (Phi) is 2.26. The van der Waals surface area contributed by atoms with Crippen LogP contribution in [0.5, 0.6) is 0 Å². The van der Waals surface area contributed by atoms with E-state index < -0.39 is 5.82 Å². The van der Waals surface area contributed by atoms with Crippen LogP contribution in [0.3, 0.4) is 0 Å². The van der Waals surface area contributed by atoms with Gasteiger partial charge in [-0.3, -0.25) is 14.5 Å². The Morgan fingerprint density at radius 2 is 2.11 bits per heavy atom. The van der Waals surface area contributed by atoms with Crippen molar-refractivity contribution in [1.29, 1.82) is 0 Å². The average Bonchev–Trinajstić information content (AvgIpc) is 2.77. The summed E-state index contributed by atoms with van der Waals surface area (Å²) >= 11 is 0. The topological polar surface area (TPSA) is 50.7 Å². The molecule has 5 heteroatoms. The number of nitrogens with zero attached hydrogens (tertiary/aromatic N) is 2. The summed E-state index contributed by atoms with van der Waals surface area (Å²) in [6.07, 6.45) is 1.64. The second kappa shape index (κ2) is 3.80. The summed E-state index contributed by atoms with van der Waals surface area (Å²) in [5, 5.41) is 7.85. The summed E-state index contributed by atoms with van der Waals surface area (Å²) in [7, 11) is 0. The fourth-order valence-corrected chi connectivity index (χ4v) is 1.92. The first-order valence-corrected chi connectivity index (χ1v) is 5.48. The lowest BCUT2D eigenvalue weighted by Crippen LogP contribution is -2.18. The van der Waals surface area contributed by atoms with Crippen LogP contribution < -0.4 is 5.56 Å². The maximum atomic E-state index is 13.2. The van der Waals surface area contributed by atoms with Crippen molar-refractivity contribution in [1.82, 2.24) is 14.8 Å². The van der Waals surface area contributed by atoms with Gasteiger partial charge in [0.2, 0.25) is 0 Å². The fraction of sp³-hybridized carbons (Fsp3) is 0.0769. The molecule has 1 N–H and O–H groups in total. The van der Waals surface area contributed by atoms with E-state index in [9.17, 15) is 9.18 Å². The highest BCUT2D eigenvalue weighted by Crippen LogP contribution is 2.13. The Hall–Kier alpha value is -2.43.